The third-order valence-electron chi connectivity index (χ3n) is 3.82. The molecule has 2 rings (SSSR count). The molecule has 1 aliphatic carbocycles. The molecule has 1 saturated carbocycles. The van der Waals surface area contributed by atoms with Crippen molar-refractivity contribution in [1.82, 2.24) is 5.32 Å². The van der Waals surface area contributed by atoms with E-state index < -0.39 is 10.8 Å². The predicted molar refractivity (Wildman–Crippen MR) is 83.0 cm³/mol. The van der Waals surface area contributed by atoms with Crippen molar-refractivity contribution in [2.24, 2.45) is 0 Å². The van der Waals surface area contributed by atoms with E-state index in [1.807, 2.05) is 13.0 Å². The van der Waals surface area contributed by atoms with E-state index in [2.05, 4.69) is 5.32 Å². The second kappa shape index (κ2) is 6.88. The highest BCUT2D eigenvalue weighted by Gasteiger charge is 2.26. The summed E-state index contributed by atoms with van der Waals surface area (Å²) in [5.41, 5.74) is 6.83. The van der Waals surface area contributed by atoms with Crippen LogP contribution in [0.15, 0.2) is 24.3 Å². The van der Waals surface area contributed by atoms with Crippen LogP contribution in [0.5, 0.6) is 0 Å². The molecule has 0 saturated heterocycles. The first kappa shape index (κ1) is 15.0. The molecule has 5 heteroatoms. The number of amides is 1. The van der Waals surface area contributed by atoms with Gasteiger partial charge in [-0.2, -0.15) is 0 Å². The molecule has 0 radical (unpaired) electrons. The molecule has 0 bridgehead atoms. The predicted octanol–water partition coefficient (Wildman–Crippen LogP) is 2.08. The summed E-state index contributed by atoms with van der Waals surface area (Å²) in [4.78, 5) is 12.2. The molecule has 1 aliphatic rings. The summed E-state index contributed by atoms with van der Waals surface area (Å²) in [5, 5.41) is 3.25. The fraction of sp³-hybridized carbons (Fsp3) is 0.533. The molecule has 4 nitrogen and oxygen atoms in total. The molecule has 1 aromatic rings. The average Bonchev–Trinajstić information content (AvgIpc) is 2.47. The maximum atomic E-state index is 12.2. The maximum absolute atomic E-state index is 12.2. The summed E-state index contributed by atoms with van der Waals surface area (Å²) in [6.45, 7) is 1.95. The molecule has 0 heterocycles. The number of hydrogen-bond donors (Lipinski definition) is 2. The molecule has 0 aliphatic heterocycles. The lowest BCUT2D eigenvalue weighted by Gasteiger charge is -2.29. The highest BCUT2D eigenvalue weighted by molar-refractivity contribution is 7.85. The van der Waals surface area contributed by atoms with Crippen LogP contribution in [0.2, 0.25) is 0 Å². The van der Waals surface area contributed by atoms with Gasteiger partial charge in [-0.05, 0) is 31.4 Å². The fourth-order valence-corrected chi connectivity index (χ4v) is 4.07. The summed E-state index contributed by atoms with van der Waals surface area (Å²) >= 11 is 0. The van der Waals surface area contributed by atoms with Crippen molar-refractivity contribution in [2.45, 2.75) is 43.9 Å². The van der Waals surface area contributed by atoms with Gasteiger partial charge in [-0.1, -0.05) is 25.5 Å². The van der Waals surface area contributed by atoms with Gasteiger partial charge in [0.15, 0.2) is 0 Å². The van der Waals surface area contributed by atoms with Gasteiger partial charge in [-0.25, -0.2) is 0 Å². The Morgan fingerprint density at radius 2 is 2.15 bits per heavy atom. The average molecular weight is 294 g/mol. The molecule has 1 amide bonds. The standard InChI is InChI=1S/C15H22N2O2S/c1-2-20(19)12-7-5-6-11(10-12)17-15(18)13-8-3-4-9-14(13)16/h3-4,8-9,11-12H,2,5-7,10,16H2,1H3,(H,17,18). The van der Waals surface area contributed by atoms with Crippen molar-refractivity contribution in [3.05, 3.63) is 29.8 Å². The van der Waals surface area contributed by atoms with Crippen molar-refractivity contribution in [3.63, 3.8) is 0 Å². The Morgan fingerprint density at radius 1 is 1.40 bits per heavy atom. The number of rotatable bonds is 4. The van der Waals surface area contributed by atoms with E-state index in [4.69, 9.17) is 5.73 Å². The number of para-hydroxylation sites is 1. The van der Waals surface area contributed by atoms with Gasteiger partial charge in [0.25, 0.3) is 5.91 Å². The van der Waals surface area contributed by atoms with Crippen LogP contribution in [0.4, 0.5) is 5.69 Å². The third-order valence-corrected chi connectivity index (χ3v) is 5.56. The summed E-state index contributed by atoms with van der Waals surface area (Å²) in [6.07, 6.45) is 3.78. The normalized spacial score (nSPS) is 24.1. The number of nitrogens with one attached hydrogen (secondary N) is 1. The molecule has 1 aromatic carbocycles. The van der Waals surface area contributed by atoms with Gasteiger partial charge >= 0.3 is 0 Å². The summed E-state index contributed by atoms with van der Waals surface area (Å²) in [6, 6.07) is 7.19. The van der Waals surface area contributed by atoms with Gasteiger partial charge in [0.05, 0.1) is 5.56 Å². The lowest BCUT2D eigenvalue weighted by atomic mass is 9.94. The SMILES string of the molecule is CCS(=O)C1CCCC(NC(=O)c2ccccc2N)C1. The Labute approximate surface area is 122 Å². The maximum Gasteiger partial charge on any atom is 0.253 e. The summed E-state index contributed by atoms with van der Waals surface area (Å²) in [7, 11) is -0.774. The van der Waals surface area contributed by atoms with Crippen LogP contribution >= 0.6 is 0 Å². The first-order chi connectivity index (χ1) is 9.61. The Morgan fingerprint density at radius 3 is 2.85 bits per heavy atom. The van der Waals surface area contributed by atoms with Gasteiger partial charge in [0.1, 0.15) is 0 Å². The molecule has 3 atom stereocenters. The topological polar surface area (TPSA) is 72.2 Å². The van der Waals surface area contributed by atoms with Gasteiger partial charge in [0, 0.05) is 33.5 Å². The highest BCUT2D eigenvalue weighted by Crippen LogP contribution is 2.23. The van der Waals surface area contributed by atoms with E-state index >= 15 is 0 Å². The molecular formula is C15H22N2O2S. The molecule has 3 unspecified atom stereocenters. The fourth-order valence-electron chi connectivity index (χ4n) is 2.72. The van der Waals surface area contributed by atoms with Crippen molar-refractivity contribution in [2.75, 3.05) is 11.5 Å². The van der Waals surface area contributed by atoms with Gasteiger partial charge in [-0.3, -0.25) is 9.00 Å². The minimum absolute atomic E-state index is 0.108. The van der Waals surface area contributed by atoms with Crippen LogP contribution in [0, 0.1) is 0 Å². The van der Waals surface area contributed by atoms with E-state index in [-0.39, 0.29) is 17.2 Å². The molecule has 0 aromatic heterocycles. The molecule has 3 N–H and O–H groups in total. The summed E-state index contributed by atoms with van der Waals surface area (Å²) in [5.74, 6) is 0.563. The van der Waals surface area contributed by atoms with Crippen LogP contribution in [0.1, 0.15) is 43.0 Å². The van der Waals surface area contributed by atoms with Crippen molar-refractivity contribution < 1.29 is 9.00 Å². The van der Waals surface area contributed by atoms with E-state index in [0.717, 1.165) is 25.7 Å². The Kier molecular flexibility index (Phi) is 5.17. The smallest absolute Gasteiger partial charge is 0.253 e. The van der Waals surface area contributed by atoms with Crippen LogP contribution in [0.3, 0.4) is 0 Å². The minimum Gasteiger partial charge on any atom is -0.398 e. The van der Waals surface area contributed by atoms with Crippen LogP contribution in [0.25, 0.3) is 0 Å². The molecule has 0 spiro atoms. The molecule has 110 valence electrons. The van der Waals surface area contributed by atoms with Crippen molar-refractivity contribution in [3.8, 4) is 0 Å². The highest BCUT2D eigenvalue weighted by atomic mass is 32.2. The number of anilines is 1. The quantitative estimate of drug-likeness (QED) is 0.835. The second-order valence-electron chi connectivity index (χ2n) is 5.22. The van der Waals surface area contributed by atoms with Crippen molar-refractivity contribution in [1.29, 1.82) is 0 Å². The van der Waals surface area contributed by atoms with Crippen LogP contribution in [-0.4, -0.2) is 27.2 Å². The Bertz CT molecular complexity index is 504. The zero-order valence-electron chi connectivity index (χ0n) is 11.8. The lowest BCUT2D eigenvalue weighted by Crippen LogP contribution is -2.41. The molecule has 1 fully saturated rings. The lowest BCUT2D eigenvalue weighted by molar-refractivity contribution is 0.0929. The Balaban J connectivity index is 1.98. The van der Waals surface area contributed by atoms with E-state index in [9.17, 15) is 9.00 Å². The van der Waals surface area contributed by atoms with Crippen LogP contribution < -0.4 is 11.1 Å². The van der Waals surface area contributed by atoms with E-state index in [1.165, 1.54) is 0 Å². The zero-order chi connectivity index (χ0) is 14.5. The van der Waals surface area contributed by atoms with Crippen molar-refractivity contribution >= 4 is 22.4 Å². The number of nitrogen functional groups attached to an aromatic ring is 1. The van der Waals surface area contributed by atoms with Crippen LogP contribution in [-0.2, 0) is 10.8 Å². The van der Waals surface area contributed by atoms with Gasteiger partial charge in [0.2, 0.25) is 0 Å². The number of benzene rings is 1. The third kappa shape index (κ3) is 3.60. The molecule has 20 heavy (non-hydrogen) atoms. The zero-order valence-corrected chi connectivity index (χ0v) is 12.6. The first-order valence-electron chi connectivity index (χ1n) is 7.14. The first-order valence-corrected chi connectivity index (χ1v) is 8.52. The Hall–Kier alpha value is -1.36. The van der Waals surface area contributed by atoms with E-state index in [0.29, 0.717) is 17.0 Å². The second-order valence-corrected chi connectivity index (χ2v) is 7.22. The monoisotopic (exact) mass is 294 g/mol. The largest absolute Gasteiger partial charge is 0.398 e. The van der Waals surface area contributed by atoms with Gasteiger partial charge in [-0.15, -0.1) is 0 Å². The minimum atomic E-state index is -0.774. The number of carbonyl (C=O) groups is 1. The van der Waals surface area contributed by atoms with Gasteiger partial charge < -0.3 is 11.1 Å². The number of nitrogens with two attached hydrogens (primary N) is 1. The number of hydrogen-bond acceptors (Lipinski definition) is 3. The summed E-state index contributed by atoms with van der Waals surface area (Å²) < 4.78 is 11.9. The molecular weight excluding hydrogens is 272 g/mol. The van der Waals surface area contributed by atoms with E-state index in [1.54, 1.807) is 18.2 Å². The number of carbonyl (C=O) groups excluding carboxylic acids is 1.